The lowest BCUT2D eigenvalue weighted by molar-refractivity contribution is -0.0378. The van der Waals surface area contributed by atoms with Crippen LogP contribution >= 0.6 is 11.8 Å². The number of ether oxygens (including phenoxy) is 1. The molecule has 0 unspecified atom stereocenters. The molecule has 2 atom stereocenters. The summed E-state index contributed by atoms with van der Waals surface area (Å²) in [5.41, 5.74) is 2.43. The van der Waals surface area contributed by atoms with Crippen LogP contribution in [0.1, 0.15) is 24.5 Å². The molecule has 0 aliphatic heterocycles. The molecule has 0 saturated carbocycles. The Bertz CT molecular complexity index is 556. The molecule has 0 aliphatic rings. The van der Waals surface area contributed by atoms with Crippen molar-refractivity contribution < 1.29 is 9.84 Å². The molecule has 0 heterocycles. The lowest BCUT2D eigenvalue weighted by Gasteiger charge is -2.20. The first-order valence-corrected chi connectivity index (χ1v) is 8.88. The fourth-order valence-electron chi connectivity index (χ4n) is 2.36. The number of benzene rings is 2. The summed E-state index contributed by atoms with van der Waals surface area (Å²) in [6.07, 6.45) is 3.06. The summed E-state index contributed by atoms with van der Waals surface area (Å²) in [6.45, 7) is 2.48. The molecule has 0 saturated heterocycles. The Morgan fingerprint density at radius 2 is 1.73 bits per heavy atom. The van der Waals surface area contributed by atoms with Gasteiger partial charge < -0.3 is 9.84 Å². The highest BCUT2D eigenvalue weighted by atomic mass is 32.2. The van der Waals surface area contributed by atoms with Gasteiger partial charge in [0.25, 0.3) is 0 Å². The Labute approximate surface area is 137 Å². The largest absolute Gasteiger partial charge is 0.390 e. The first-order chi connectivity index (χ1) is 10.7. The number of aliphatic hydroxyl groups is 1. The summed E-state index contributed by atoms with van der Waals surface area (Å²) < 4.78 is 5.78. The van der Waals surface area contributed by atoms with E-state index in [0.717, 1.165) is 12.0 Å². The maximum absolute atomic E-state index is 10.3. The molecule has 0 aromatic heterocycles. The first-order valence-electron chi connectivity index (χ1n) is 7.66. The predicted molar refractivity (Wildman–Crippen MR) is 93.2 cm³/mol. The summed E-state index contributed by atoms with van der Waals surface area (Å²) in [6, 6.07) is 18.4. The monoisotopic (exact) mass is 316 g/mol. The second-order valence-electron chi connectivity index (χ2n) is 5.42. The molecule has 2 nitrogen and oxygen atoms in total. The van der Waals surface area contributed by atoms with Crippen LogP contribution in [0.2, 0.25) is 0 Å². The van der Waals surface area contributed by atoms with E-state index in [1.54, 1.807) is 11.8 Å². The van der Waals surface area contributed by atoms with E-state index in [-0.39, 0.29) is 6.10 Å². The fourth-order valence-corrected chi connectivity index (χ4v) is 3.01. The quantitative estimate of drug-likeness (QED) is 0.736. The Morgan fingerprint density at radius 3 is 2.45 bits per heavy atom. The zero-order chi connectivity index (χ0) is 15.8. The van der Waals surface area contributed by atoms with Crippen molar-refractivity contribution in [3.63, 3.8) is 0 Å². The van der Waals surface area contributed by atoms with Crippen molar-refractivity contribution in [2.45, 2.75) is 43.5 Å². The number of aliphatic hydroxyl groups excluding tert-OH is 1. The van der Waals surface area contributed by atoms with Gasteiger partial charge in [0.15, 0.2) is 0 Å². The SMILES string of the molecule is CSc1ccccc1CC[C@H](O)[C@H](C)OCc1ccccc1. The van der Waals surface area contributed by atoms with Crippen LogP contribution in [0.25, 0.3) is 0 Å². The highest BCUT2D eigenvalue weighted by Gasteiger charge is 2.15. The van der Waals surface area contributed by atoms with Crippen LogP contribution in [0, 0.1) is 0 Å². The molecule has 2 rings (SSSR count). The van der Waals surface area contributed by atoms with Crippen molar-refractivity contribution >= 4 is 11.8 Å². The minimum absolute atomic E-state index is 0.165. The molecule has 2 aromatic rings. The summed E-state index contributed by atoms with van der Waals surface area (Å²) in [4.78, 5) is 1.28. The predicted octanol–water partition coefficient (Wildman–Crippen LogP) is 4.31. The number of hydrogen-bond acceptors (Lipinski definition) is 3. The molecule has 2 aromatic carbocycles. The summed E-state index contributed by atoms with van der Waals surface area (Å²) in [5.74, 6) is 0. The second kappa shape index (κ2) is 8.99. The molecule has 0 amide bonds. The van der Waals surface area contributed by atoms with Crippen molar-refractivity contribution in [1.29, 1.82) is 0 Å². The molecule has 0 fully saturated rings. The zero-order valence-corrected chi connectivity index (χ0v) is 14.1. The first kappa shape index (κ1) is 17.1. The van der Waals surface area contributed by atoms with Crippen LogP contribution in [-0.2, 0) is 17.8 Å². The summed E-state index contributed by atoms with van der Waals surface area (Å²) >= 11 is 1.75. The Balaban J connectivity index is 1.80. The molecule has 0 spiro atoms. The van der Waals surface area contributed by atoms with Crippen molar-refractivity contribution in [3.05, 3.63) is 65.7 Å². The van der Waals surface area contributed by atoms with Crippen LogP contribution in [0.5, 0.6) is 0 Å². The van der Waals surface area contributed by atoms with E-state index in [2.05, 4.69) is 30.5 Å². The molecule has 0 aliphatic carbocycles. The van der Waals surface area contributed by atoms with Crippen LogP contribution in [0.3, 0.4) is 0 Å². The maximum Gasteiger partial charge on any atom is 0.0810 e. The van der Waals surface area contributed by atoms with Crippen LogP contribution in [0.4, 0.5) is 0 Å². The number of hydrogen-bond donors (Lipinski definition) is 1. The Morgan fingerprint density at radius 1 is 1.05 bits per heavy atom. The fraction of sp³-hybridized carbons (Fsp3) is 0.368. The van der Waals surface area contributed by atoms with Gasteiger partial charge in [-0.1, -0.05) is 48.5 Å². The van der Waals surface area contributed by atoms with Gasteiger partial charge in [-0.05, 0) is 43.2 Å². The second-order valence-corrected chi connectivity index (χ2v) is 6.27. The van der Waals surface area contributed by atoms with E-state index >= 15 is 0 Å². The molecule has 0 radical (unpaired) electrons. The van der Waals surface area contributed by atoms with Crippen molar-refractivity contribution in [3.8, 4) is 0 Å². The third-order valence-electron chi connectivity index (χ3n) is 3.80. The molecule has 3 heteroatoms. The van der Waals surface area contributed by atoms with Gasteiger partial charge in [0.05, 0.1) is 18.8 Å². The van der Waals surface area contributed by atoms with E-state index < -0.39 is 6.10 Å². The number of aryl methyl sites for hydroxylation is 1. The number of rotatable bonds is 8. The third-order valence-corrected chi connectivity index (χ3v) is 4.64. The van der Waals surface area contributed by atoms with E-state index in [0.29, 0.717) is 13.0 Å². The van der Waals surface area contributed by atoms with Crippen LogP contribution in [-0.4, -0.2) is 23.6 Å². The van der Waals surface area contributed by atoms with Gasteiger partial charge in [-0.3, -0.25) is 0 Å². The van der Waals surface area contributed by atoms with E-state index in [1.165, 1.54) is 10.5 Å². The molecule has 0 bridgehead atoms. The maximum atomic E-state index is 10.3. The lowest BCUT2D eigenvalue weighted by Crippen LogP contribution is -2.26. The van der Waals surface area contributed by atoms with Crippen molar-refractivity contribution in [2.24, 2.45) is 0 Å². The van der Waals surface area contributed by atoms with Gasteiger partial charge in [0.1, 0.15) is 0 Å². The average Bonchev–Trinajstić information content (AvgIpc) is 2.58. The lowest BCUT2D eigenvalue weighted by atomic mass is 10.0. The standard InChI is InChI=1S/C19H24O2S/c1-15(21-14-16-8-4-3-5-9-16)18(20)13-12-17-10-6-7-11-19(17)22-2/h3-11,15,18,20H,12-14H2,1-2H3/t15-,18-/m0/s1. The Kier molecular flexibility index (Phi) is 6.97. The smallest absolute Gasteiger partial charge is 0.0810 e. The molecular formula is C19H24O2S. The van der Waals surface area contributed by atoms with E-state index in [4.69, 9.17) is 4.74 Å². The van der Waals surface area contributed by atoms with Gasteiger partial charge >= 0.3 is 0 Å². The number of thioether (sulfide) groups is 1. The molecule has 118 valence electrons. The molecular weight excluding hydrogens is 292 g/mol. The topological polar surface area (TPSA) is 29.5 Å². The molecule has 22 heavy (non-hydrogen) atoms. The van der Waals surface area contributed by atoms with Gasteiger partial charge in [0, 0.05) is 4.90 Å². The molecule has 1 N–H and O–H groups in total. The van der Waals surface area contributed by atoms with Gasteiger partial charge in [0.2, 0.25) is 0 Å². The average molecular weight is 316 g/mol. The van der Waals surface area contributed by atoms with Crippen LogP contribution < -0.4 is 0 Å². The van der Waals surface area contributed by atoms with Crippen molar-refractivity contribution in [2.75, 3.05) is 6.26 Å². The normalized spacial score (nSPS) is 13.8. The van der Waals surface area contributed by atoms with Crippen molar-refractivity contribution in [1.82, 2.24) is 0 Å². The Hall–Kier alpha value is -1.29. The summed E-state index contributed by atoms with van der Waals surface area (Å²) in [7, 11) is 0. The van der Waals surface area contributed by atoms with E-state index in [9.17, 15) is 5.11 Å². The van der Waals surface area contributed by atoms with Gasteiger partial charge in [-0.2, -0.15) is 0 Å². The summed E-state index contributed by atoms with van der Waals surface area (Å²) in [5, 5.41) is 10.3. The third kappa shape index (κ3) is 5.16. The van der Waals surface area contributed by atoms with Gasteiger partial charge in [-0.25, -0.2) is 0 Å². The highest BCUT2D eigenvalue weighted by molar-refractivity contribution is 7.98. The van der Waals surface area contributed by atoms with E-state index in [1.807, 2.05) is 37.3 Å². The zero-order valence-electron chi connectivity index (χ0n) is 13.2. The van der Waals surface area contributed by atoms with Gasteiger partial charge in [-0.15, -0.1) is 11.8 Å². The minimum Gasteiger partial charge on any atom is -0.390 e. The van der Waals surface area contributed by atoms with Crippen LogP contribution in [0.15, 0.2) is 59.5 Å². The minimum atomic E-state index is -0.446. The highest BCUT2D eigenvalue weighted by Crippen LogP contribution is 2.22.